The third-order valence-corrected chi connectivity index (χ3v) is 3.82. The molecule has 0 bridgehead atoms. The lowest BCUT2D eigenvalue weighted by atomic mass is 10.2. The molecule has 1 aromatic rings. The highest BCUT2D eigenvalue weighted by atomic mass is 32.1. The second kappa shape index (κ2) is 5.58. The standard InChI is InChI=1S/C11H20N2OS/c1-5-6-9(14-4)11-13-8(3)10(15-11)7(2)12/h7,9H,5-6,12H2,1-4H3. The van der Waals surface area contributed by atoms with E-state index in [4.69, 9.17) is 10.5 Å². The first-order valence-electron chi connectivity index (χ1n) is 5.35. The van der Waals surface area contributed by atoms with Crippen LogP contribution in [0, 0.1) is 6.92 Å². The lowest BCUT2D eigenvalue weighted by molar-refractivity contribution is 0.0947. The highest BCUT2D eigenvalue weighted by Crippen LogP contribution is 2.31. The van der Waals surface area contributed by atoms with Crippen molar-refractivity contribution in [3.8, 4) is 0 Å². The van der Waals surface area contributed by atoms with Gasteiger partial charge in [0, 0.05) is 18.0 Å². The van der Waals surface area contributed by atoms with Gasteiger partial charge in [0.05, 0.1) is 5.69 Å². The van der Waals surface area contributed by atoms with E-state index in [2.05, 4.69) is 11.9 Å². The van der Waals surface area contributed by atoms with Crippen LogP contribution < -0.4 is 5.73 Å². The molecule has 1 rings (SSSR count). The highest BCUT2D eigenvalue weighted by molar-refractivity contribution is 7.11. The monoisotopic (exact) mass is 228 g/mol. The van der Waals surface area contributed by atoms with E-state index in [1.165, 1.54) is 4.88 Å². The zero-order valence-corrected chi connectivity index (χ0v) is 10.7. The average Bonchev–Trinajstić information content (AvgIpc) is 2.56. The molecular formula is C11H20N2OS. The summed E-state index contributed by atoms with van der Waals surface area (Å²) in [5.74, 6) is 0. The van der Waals surface area contributed by atoms with Gasteiger partial charge in [-0.15, -0.1) is 11.3 Å². The Bertz CT molecular complexity index is 310. The van der Waals surface area contributed by atoms with Gasteiger partial charge in [-0.05, 0) is 20.3 Å². The van der Waals surface area contributed by atoms with Crippen LogP contribution in [-0.4, -0.2) is 12.1 Å². The molecule has 2 N–H and O–H groups in total. The molecule has 0 amide bonds. The summed E-state index contributed by atoms with van der Waals surface area (Å²) >= 11 is 1.68. The van der Waals surface area contributed by atoms with Crippen molar-refractivity contribution in [1.29, 1.82) is 0 Å². The van der Waals surface area contributed by atoms with Gasteiger partial charge in [-0.25, -0.2) is 4.98 Å². The summed E-state index contributed by atoms with van der Waals surface area (Å²) in [5, 5.41) is 1.06. The number of thiazole rings is 1. The molecule has 2 atom stereocenters. The normalized spacial score (nSPS) is 15.3. The lowest BCUT2D eigenvalue weighted by Crippen LogP contribution is -2.03. The van der Waals surface area contributed by atoms with Gasteiger partial charge in [0.2, 0.25) is 0 Å². The van der Waals surface area contributed by atoms with E-state index in [9.17, 15) is 0 Å². The number of rotatable bonds is 5. The fraction of sp³-hybridized carbons (Fsp3) is 0.727. The molecule has 86 valence electrons. The Kier molecular flexibility index (Phi) is 4.70. The van der Waals surface area contributed by atoms with E-state index in [-0.39, 0.29) is 12.1 Å². The minimum absolute atomic E-state index is 0.0652. The molecule has 1 aromatic heterocycles. The Morgan fingerprint density at radius 1 is 1.53 bits per heavy atom. The minimum atomic E-state index is 0.0652. The first-order valence-corrected chi connectivity index (χ1v) is 6.17. The van der Waals surface area contributed by atoms with Crippen molar-refractivity contribution in [3.63, 3.8) is 0 Å². The van der Waals surface area contributed by atoms with Crippen molar-refractivity contribution < 1.29 is 4.74 Å². The van der Waals surface area contributed by atoms with Crippen LogP contribution in [0.15, 0.2) is 0 Å². The molecule has 1 heterocycles. The first-order chi connectivity index (χ1) is 7.10. The van der Waals surface area contributed by atoms with Crippen LogP contribution >= 0.6 is 11.3 Å². The molecule has 0 fully saturated rings. The van der Waals surface area contributed by atoms with E-state index in [1.54, 1.807) is 18.4 Å². The fourth-order valence-electron chi connectivity index (χ4n) is 1.59. The van der Waals surface area contributed by atoms with Crippen LogP contribution in [-0.2, 0) is 4.74 Å². The van der Waals surface area contributed by atoms with E-state index in [0.29, 0.717) is 0 Å². The number of ether oxygens (including phenoxy) is 1. The zero-order valence-electron chi connectivity index (χ0n) is 9.91. The molecule has 15 heavy (non-hydrogen) atoms. The van der Waals surface area contributed by atoms with Gasteiger partial charge in [0.15, 0.2) is 0 Å². The Morgan fingerprint density at radius 2 is 2.20 bits per heavy atom. The largest absolute Gasteiger partial charge is 0.374 e. The molecule has 0 saturated heterocycles. The number of nitrogens with zero attached hydrogens (tertiary/aromatic N) is 1. The predicted octanol–water partition coefficient (Wildman–Crippen LogP) is 2.96. The topological polar surface area (TPSA) is 48.1 Å². The molecule has 0 aliphatic heterocycles. The van der Waals surface area contributed by atoms with Gasteiger partial charge in [-0.2, -0.15) is 0 Å². The summed E-state index contributed by atoms with van der Waals surface area (Å²) < 4.78 is 5.43. The van der Waals surface area contributed by atoms with Gasteiger partial charge in [0.1, 0.15) is 11.1 Å². The zero-order chi connectivity index (χ0) is 11.4. The van der Waals surface area contributed by atoms with Crippen molar-refractivity contribution in [2.45, 2.75) is 45.8 Å². The van der Waals surface area contributed by atoms with Crippen LogP contribution in [0.25, 0.3) is 0 Å². The molecular weight excluding hydrogens is 208 g/mol. The Labute approximate surface area is 95.7 Å². The molecule has 0 aromatic carbocycles. The van der Waals surface area contributed by atoms with Gasteiger partial charge < -0.3 is 10.5 Å². The molecule has 4 heteroatoms. The average molecular weight is 228 g/mol. The number of hydrogen-bond acceptors (Lipinski definition) is 4. The van der Waals surface area contributed by atoms with Gasteiger partial charge in [-0.3, -0.25) is 0 Å². The Balaban J connectivity index is 2.89. The number of nitrogens with two attached hydrogens (primary N) is 1. The Morgan fingerprint density at radius 3 is 2.60 bits per heavy atom. The van der Waals surface area contributed by atoms with Crippen LogP contribution in [0.5, 0.6) is 0 Å². The maximum Gasteiger partial charge on any atom is 0.122 e. The van der Waals surface area contributed by atoms with Crippen molar-refractivity contribution in [3.05, 3.63) is 15.6 Å². The van der Waals surface area contributed by atoms with E-state index in [0.717, 1.165) is 23.5 Å². The third-order valence-electron chi connectivity index (χ3n) is 2.37. The highest BCUT2D eigenvalue weighted by Gasteiger charge is 2.17. The molecule has 2 unspecified atom stereocenters. The van der Waals surface area contributed by atoms with Crippen LogP contribution in [0.4, 0.5) is 0 Å². The summed E-state index contributed by atoms with van der Waals surface area (Å²) in [6.07, 6.45) is 2.25. The quantitative estimate of drug-likeness (QED) is 0.843. The molecule has 3 nitrogen and oxygen atoms in total. The Hall–Kier alpha value is -0.450. The van der Waals surface area contributed by atoms with Crippen LogP contribution in [0.1, 0.15) is 54.4 Å². The SMILES string of the molecule is CCCC(OC)c1nc(C)c(C(C)N)s1. The summed E-state index contributed by atoms with van der Waals surface area (Å²) in [5.41, 5.74) is 6.92. The van der Waals surface area contributed by atoms with Gasteiger partial charge >= 0.3 is 0 Å². The summed E-state index contributed by atoms with van der Waals surface area (Å²) in [6, 6.07) is 0.0652. The summed E-state index contributed by atoms with van der Waals surface area (Å²) in [7, 11) is 1.74. The first kappa shape index (κ1) is 12.6. The second-order valence-electron chi connectivity index (χ2n) is 3.80. The maximum atomic E-state index is 5.87. The number of aromatic nitrogens is 1. The van der Waals surface area contributed by atoms with Crippen molar-refractivity contribution >= 4 is 11.3 Å². The number of aryl methyl sites for hydroxylation is 1. The van der Waals surface area contributed by atoms with E-state index in [1.807, 2.05) is 13.8 Å². The second-order valence-corrected chi connectivity index (χ2v) is 4.87. The molecule has 0 aliphatic rings. The maximum absolute atomic E-state index is 5.87. The summed E-state index contributed by atoms with van der Waals surface area (Å²) in [6.45, 7) is 6.15. The molecule has 0 radical (unpaired) electrons. The third kappa shape index (κ3) is 3.00. The van der Waals surface area contributed by atoms with Gasteiger partial charge in [0.25, 0.3) is 0 Å². The predicted molar refractivity (Wildman–Crippen MR) is 64.1 cm³/mol. The van der Waals surface area contributed by atoms with Crippen molar-refractivity contribution in [2.75, 3.05) is 7.11 Å². The van der Waals surface area contributed by atoms with Crippen LogP contribution in [0.2, 0.25) is 0 Å². The van der Waals surface area contributed by atoms with Crippen molar-refractivity contribution in [1.82, 2.24) is 4.98 Å². The fourth-order valence-corrected chi connectivity index (χ4v) is 2.73. The van der Waals surface area contributed by atoms with Crippen LogP contribution in [0.3, 0.4) is 0 Å². The van der Waals surface area contributed by atoms with Crippen molar-refractivity contribution in [2.24, 2.45) is 5.73 Å². The minimum Gasteiger partial charge on any atom is -0.374 e. The smallest absolute Gasteiger partial charge is 0.122 e. The molecule has 0 saturated carbocycles. The van der Waals surface area contributed by atoms with E-state index >= 15 is 0 Å². The summed E-state index contributed by atoms with van der Waals surface area (Å²) in [4.78, 5) is 5.70. The number of methoxy groups -OCH3 is 1. The molecule has 0 aliphatic carbocycles. The lowest BCUT2D eigenvalue weighted by Gasteiger charge is -2.10. The molecule has 0 spiro atoms. The van der Waals surface area contributed by atoms with Gasteiger partial charge in [-0.1, -0.05) is 13.3 Å². The number of hydrogen-bond donors (Lipinski definition) is 1. The van der Waals surface area contributed by atoms with E-state index < -0.39 is 0 Å².